The number of nitrogens with one attached hydrogen (secondary N) is 2. The number of piperidine rings is 2. The molecule has 3 amide bonds. The Morgan fingerprint density at radius 1 is 0.964 bits per heavy atom. The van der Waals surface area contributed by atoms with Crippen molar-refractivity contribution in [3.05, 3.63) is 111 Å². The van der Waals surface area contributed by atoms with E-state index in [2.05, 4.69) is 71.5 Å². The van der Waals surface area contributed by atoms with Gasteiger partial charge in [-0.2, -0.15) is 5.10 Å². The highest BCUT2D eigenvalue weighted by molar-refractivity contribution is 7.15. The molecule has 5 aromatic rings. The number of ether oxygens (including phenoxy) is 1. The van der Waals surface area contributed by atoms with Gasteiger partial charge in [-0.15, -0.1) is 21.5 Å². The van der Waals surface area contributed by atoms with Gasteiger partial charge in [-0.3, -0.25) is 28.9 Å². The van der Waals surface area contributed by atoms with Crippen LogP contribution in [-0.4, -0.2) is 83.8 Å². The van der Waals surface area contributed by atoms with E-state index in [4.69, 9.17) is 4.74 Å². The number of carbonyl (C=O) groups is 3. The van der Waals surface area contributed by atoms with Crippen molar-refractivity contribution in [2.75, 3.05) is 25.0 Å². The molecule has 1 unspecified atom stereocenters. The van der Waals surface area contributed by atoms with Crippen molar-refractivity contribution in [1.82, 2.24) is 39.7 Å². The Kier molecular flexibility index (Phi) is 9.97. The molecule has 0 aliphatic carbocycles. The number of likely N-dealkylation sites (tertiary alicyclic amines) is 1. The summed E-state index contributed by atoms with van der Waals surface area (Å²) in [5.41, 5.74) is 6.98. The number of hydrogen-bond donors (Lipinski definition) is 2. The van der Waals surface area contributed by atoms with Gasteiger partial charge < -0.3 is 19.9 Å². The van der Waals surface area contributed by atoms with Crippen molar-refractivity contribution < 1.29 is 19.1 Å². The molecule has 2 aromatic carbocycles. The van der Waals surface area contributed by atoms with Crippen molar-refractivity contribution in [2.24, 2.45) is 0 Å². The van der Waals surface area contributed by atoms with Gasteiger partial charge in [-0.05, 0) is 68.8 Å². The van der Waals surface area contributed by atoms with Crippen LogP contribution in [0.25, 0.3) is 5.00 Å². The first kappa shape index (κ1) is 36.0. The van der Waals surface area contributed by atoms with Gasteiger partial charge in [-0.25, -0.2) is 0 Å². The Morgan fingerprint density at radius 3 is 2.66 bits per heavy atom. The van der Waals surface area contributed by atoms with E-state index in [1.165, 1.54) is 11.1 Å². The SMILES string of the molecule is Cc1nnc2n1-c1sc(C#Cc3cnn(CCCN4CCC(Nc5cccc6c5CN(C5CCC(=O)NC5=O)C6=O)CC4)c3)c(Cc3ccccc3)c1COC2. The van der Waals surface area contributed by atoms with Crippen molar-refractivity contribution in [1.29, 1.82) is 0 Å². The Labute approximate surface area is 329 Å². The second-order valence-electron chi connectivity index (χ2n) is 14.9. The van der Waals surface area contributed by atoms with Gasteiger partial charge in [0.2, 0.25) is 11.8 Å². The van der Waals surface area contributed by atoms with E-state index in [0.717, 1.165) is 95.8 Å². The molecule has 0 radical (unpaired) electrons. The lowest BCUT2D eigenvalue weighted by atomic mass is 10.0. The first-order chi connectivity index (χ1) is 27.4. The van der Waals surface area contributed by atoms with Crippen LogP contribution in [0.4, 0.5) is 5.69 Å². The number of aromatic nitrogens is 5. The van der Waals surface area contributed by atoms with Gasteiger partial charge in [0.05, 0.1) is 23.2 Å². The van der Waals surface area contributed by atoms with E-state index in [-0.39, 0.29) is 24.1 Å². The number of thiophene rings is 1. The van der Waals surface area contributed by atoms with Crippen LogP contribution in [-0.2, 0) is 47.1 Å². The number of fused-ring (bicyclic) bond motifs is 4. The molecule has 0 spiro atoms. The van der Waals surface area contributed by atoms with E-state index >= 15 is 0 Å². The number of aryl methyl sites for hydroxylation is 2. The van der Waals surface area contributed by atoms with Gasteiger partial charge in [0.15, 0.2) is 5.82 Å². The van der Waals surface area contributed by atoms with Crippen LogP contribution in [0.3, 0.4) is 0 Å². The second kappa shape index (κ2) is 15.5. The molecule has 1 atom stereocenters. The van der Waals surface area contributed by atoms with Crippen LogP contribution in [0.1, 0.15) is 86.8 Å². The Hall–Kier alpha value is -5.62. The number of anilines is 1. The van der Waals surface area contributed by atoms with Crippen molar-refractivity contribution in [3.63, 3.8) is 0 Å². The van der Waals surface area contributed by atoms with Gasteiger partial charge in [-0.1, -0.05) is 48.2 Å². The Bertz CT molecular complexity index is 2360. The maximum absolute atomic E-state index is 13.3. The number of rotatable bonds is 9. The average Bonchev–Trinajstić information content (AvgIpc) is 3.95. The first-order valence-electron chi connectivity index (χ1n) is 19.4. The molecule has 2 saturated heterocycles. The molecule has 0 bridgehead atoms. The Morgan fingerprint density at radius 2 is 1.82 bits per heavy atom. The maximum atomic E-state index is 13.3. The van der Waals surface area contributed by atoms with Crippen molar-refractivity contribution in [2.45, 2.75) is 83.8 Å². The molecule has 9 rings (SSSR count). The molecule has 14 heteroatoms. The lowest BCUT2D eigenvalue weighted by Gasteiger charge is -2.33. The summed E-state index contributed by atoms with van der Waals surface area (Å²) in [6.45, 7) is 7.06. The third-order valence-electron chi connectivity index (χ3n) is 11.2. The summed E-state index contributed by atoms with van der Waals surface area (Å²) in [6, 6.07) is 15.9. The predicted octanol–water partition coefficient (Wildman–Crippen LogP) is 4.58. The fourth-order valence-corrected chi connectivity index (χ4v) is 9.54. The third kappa shape index (κ3) is 7.25. The van der Waals surface area contributed by atoms with Gasteiger partial charge in [0.25, 0.3) is 5.91 Å². The standard InChI is InChI=1S/C42H43N9O4S/c1-27-46-47-38-26-55-25-34-32(21-28-7-3-2-4-8-28)37(56-42(34)51(27)38)13-11-29-22-43-49(23-29)18-6-17-48-19-15-30(16-20-48)44-35-10-5-9-31-33(35)24-50(41(31)54)36-12-14-39(52)45-40(36)53/h2-5,7-10,22-23,30,36,44H,6,12,14-21,24-26H2,1H3,(H,45,52,53). The average molecular weight is 770 g/mol. The number of benzene rings is 2. The maximum Gasteiger partial charge on any atom is 0.255 e. The van der Waals surface area contributed by atoms with Gasteiger partial charge in [0, 0.05) is 67.2 Å². The highest BCUT2D eigenvalue weighted by Gasteiger charge is 2.40. The van der Waals surface area contributed by atoms with Crippen molar-refractivity contribution >= 4 is 34.7 Å². The predicted molar refractivity (Wildman–Crippen MR) is 210 cm³/mol. The summed E-state index contributed by atoms with van der Waals surface area (Å²) in [5, 5.41) is 20.5. The molecule has 56 heavy (non-hydrogen) atoms. The van der Waals surface area contributed by atoms with Crippen LogP contribution in [0.15, 0.2) is 60.9 Å². The van der Waals surface area contributed by atoms with Crippen molar-refractivity contribution in [3.8, 4) is 16.8 Å². The highest BCUT2D eigenvalue weighted by atomic mass is 32.1. The molecule has 286 valence electrons. The number of nitrogens with zero attached hydrogens (tertiary/aromatic N) is 7. The lowest BCUT2D eigenvalue weighted by molar-refractivity contribution is -0.136. The zero-order chi connectivity index (χ0) is 38.2. The number of carbonyl (C=O) groups excluding carboxylic acids is 3. The normalized spacial score (nSPS) is 18.5. The summed E-state index contributed by atoms with van der Waals surface area (Å²) in [4.78, 5) is 42.6. The fraction of sp³-hybridized carbons (Fsp3) is 0.381. The Balaban J connectivity index is 0.794. The van der Waals surface area contributed by atoms with Crippen LogP contribution in [0.5, 0.6) is 0 Å². The summed E-state index contributed by atoms with van der Waals surface area (Å²) in [5.74, 6) is 7.73. The topological polar surface area (TPSA) is 140 Å². The molecule has 3 aromatic heterocycles. The summed E-state index contributed by atoms with van der Waals surface area (Å²) < 4.78 is 10.2. The largest absolute Gasteiger partial charge is 0.382 e. The van der Waals surface area contributed by atoms with Gasteiger partial charge in [0.1, 0.15) is 23.5 Å². The lowest BCUT2D eigenvalue weighted by Crippen LogP contribution is -2.52. The fourth-order valence-electron chi connectivity index (χ4n) is 8.29. The van der Waals surface area contributed by atoms with Crippen LogP contribution in [0, 0.1) is 18.8 Å². The zero-order valence-corrected chi connectivity index (χ0v) is 32.1. The minimum absolute atomic E-state index is 0.147. The molecule has 13 nitrogen and oxygen atoms in total. The summed E-state index contributed by atoms with van der Waals surface area (Å²) in [6.07, 6.45) is 8.24. The van der Waals surface area contributed by atoms with E-state index in [1.807, 2.05) is 48.3 Å². The van der Waals surface area contributed by atoms with Crippen LogP contribution in [0.2, 0.25) is 0 Å². The van der Waals surface area contributed by atoms with E-state index < -0.39 is 6.04 Å². The molecule has 4 aliphatic heterocycles. The van der Waals surface area contributed by atoms with Gasteiger partial charge >= 0.3 is 0 Å². The number of imide groups is 1. The van der Waals surface area contributed by atoms with Crippen LogP contribution >= 0.6 is 11.3 Å². The monoisotopic (exact) mass is 769 g/mol. The highest BCUT2D eigenvalue weighted by Crippen LogP contribution is 2.37. The zero-order valence-electron chi connectivity index (χ0n) is 31.3. The molecule has 2 N–H and O–H groups in total. The van der Waals surface area contributed by atoms with E-state index in [1.54, 1.807) is 16.2 Å². The minimum Gasteiger partial charge on any atom is -0.382 e. The third-order valence-corrected chi connectivity index (χ3v) is 12.4. The smallest absolute Gasteiger partial charge is 0.255 e. The second-order valence-corrected chi connectivity index (χ2v) is 15.9. The first-order valence-corrected chi connectivity index (χ1v) is 20.2. The molecule has 0 saturated carbocycles. The van der Waals surface area contributed by atoms with Crippen LogP contribution < -0.4 is 10.6 Å². The molecule has 2 fully saturated rings. The number of amides is 3. The summed E-state index contributed by atoms with van der Waals surface area (Å²) >= 11 is 1.68. The quantitative estimate of drug-likeness (QED) is 0.163. The summed E-state index contributed by atoms with van der Waals surface area (Å²) in [7, 11) is 0. The molecule has 4 aliphatic rings. The number of hydrogen-bond acceptors (Lipinski definition) is 10. The molecule has 7 heterocycles. The molecular weight excluding hydrogens is 727 g/mol. The van der Waals surface area contributed by atoms with E-state index in [9.17, 15) is 14.4 Å². The van der Waals surface area contributed by atoms with E-state index in [0.29, 0.717) is 37.8 Å². The molecular formula is C42H43N9O4S. The minimum atomic E-state index is -0.615.